The first-order valence-corrected chi connectivity index (χ1v) is 16.8. The highest BCUT2D eigenvalue weighted by molar-refractivity contribution is 7.90. The van der Waals surface area contributed by atoms with Crippen LogP contribution in [-0.4, -0.2) is 17.6 Å². The summed E-state index contributed by atoms with van der Waals surface area (Å²) < 4.78 is 29.1. The van der Waals surface area contributed by atoms with Crippen molar-refractivity contribution in [3.63, 3.8) is 0 Å². The molecule has 0 saturated heterocycles. The van der Waals surface area contributed by atoms with Gasteiger partial charge in [0.05, 0.1) is 15.5 Å². The van der Waals surface area contributed by atoms with Crippen LogP contribution in [0.4, 0.5) is 0 Å². The maximum absolute atomic E-state index is 14.8. The molecule has 6 aromatic rings. The lowest BCUT2D eigenvalue weighted by atomic mass is 10.1. The fourth-order valence-corrected chi connectivity index (χ4v) is 10.9. The molecule has 0 fully saturated rings. The van der Waals surface area contributed by atoms with Crippen LogP contribution in [0.1, 0.15) is 5.56 Å². The topological polar surface area (TPSA) is 71.9 Å². The van der Waals surface area contributed by atoms with Crippen LogP contribution in [0.3, 0.4) is 0 Å². The predicted octanol–water partition coefficient (Wildman–Crippen LogP) is 5.91. The van der Waals surface area contributed by atoms with Crippen LogP contribution in [0.15, 0.2) is 161 Å². The number of hydrogen-bond donors (Lipinski definition) is 1. The molecule has 1 N–H and O–H groups in total. The fourth-order valence-electron chi connectivity index (χ4n) is 5.30. The zero-order valence-electron chi connectivity index (χ0n) is 23.0. The summed E-state index contributed by atoms with van der Waals surface area (Å²) >= 11 is 0. The van der Waals surface area contributed by atoms with Gasteiger partial charge in [0.2, 0.25) is 0 Å². The Morgan fingerprint density at radius 2 is 1.02 bits per heavy atom. The third kappa shape index (κ3) is 4.79. The van der Waals surface area contributed by atoms with Crippen LogP contribution in [0.25, 0.3) is 11.3 Å². The maximum atomic E-state index is 14.8. The number of aryl methyl sites for hydroxylation is 1. The zero-order valence-corrected chi connectivity index (χ0v) is 24.7. The van der Waals surface area contributed by atoms with Crippen molar-refractivity contribution in [1.29, 1.82) is 0 Å². The summed E-state index contributed by atoms with van der Waals surface area (Å²) in [6.45, 7) is -0.909. The number of benzene rings is 5. The molecule has 208 valence electrons. The van der Waals surface area contributed by atoms with E-state index in [1.165, 1.54) is 12.1 Å². The minimum atomic E-state index is -4.27. The Bertz CT molecular complexity index is 2000. The van der Waals surface area contributed by atoms with Crippen molar-refractivity contribution < 1.29 is 8.42 Å². The van der Waals surface area contributed by atoms with Gasteiger partial charge in [0, 0.05) is 0 Å². The lowest BCUT2D eigenvalue weighted by Crippen LogP contribution is -2.34. The van der Waals surface area contributed by atoms with Gasteiger partial charge in [0.25, 0.3) is 15.6 Å². The molecule has 0 bridgehead atoms. The number of aromatic amines is 1. The maximum Gasteiger partial charge on any atom is 0.287 e. The van der Waals surface area contributed by atoms with Gasteiger partial charge in [-0.3, -0.25) is 9.89 Å². The highest BCUT2D eigenvalue weighted by Gasteiger charge is 2.30. The molecule has 0 spiro atoms. The Hall–Kier alpha value is -4.64. The first-order valence-electron chi connectivity index (χ1n) is 13.6. The van der Waals surface area contributed by atoms with Crippen LogP contribution in [-0.2, 0) is 10.0 Å². The summed E-state index contributed by atoms with van der Waals surface area (Å²) in [5.74, 6) is 0. The Morgan fingerprint density at radius 3 is 1.48 bits per heavy atom. The number of aromatic nitrogens is 2. The Kier molecular flexibility index (Phi) is 7.42. The number of hydrogen-bond acceptors (Lipinski definition) is 3. The van der Waals surface area contributed by atoms with Crippen molar-refractivity contribution in [2.24, 2.45) is 0 Å². The number of nitrogens with one attached hydrogen (secondary N) is 1. The summed E-state index contributed by atoms with van der Waals surface area (Å²) in [5, 5.41) is 5.83. The molecule has 5 nitrogen and oxygen atoms in total. The lowest BCUT2D eigenvalue weighted by molar-refractivity contribution is 0.575. The lowest BCUT2D eigenvalue weighted by Gasteiger charge is -2.29. The van der Waals surface area contributed by atoms with Gasteiger partial charge in [-0.15, -0.1) is 4.09 Å². The molecular weight excluding hydrogens is 559 g/mol. The Morgan fingerprint density at radius 1 is 0.595 bits per heavy atom. The van der Waals surface area contributed by atoms with E-state index in [1.54, 1.807) is 18.2 Å². The molecule has 42 heavy (non-hydrogen) atoms. The molecule has 7 heteroatoms. The molecular formula is C35H29N2O3PS. The normalized spacial score (nSPS) is 11.7. The average Bonchev–Trinajstić information content (AvgIpc) is 3.04. The highest BCUT2D eigenvalue weighted by atomic mass is 32.2. The molecule has 0 amide bonds. The summed E-state index contributed by atoms with van der Waals surface area (Å²) in [6, 6.07) is 47.5. The molecule has 0 aliphatic carbocycles. The molecule has 6 rings (SSSR count). The second-order valence-corrected chi connectivity index (χ2v) is 15.1. The van der Waals surface area contributed by atoms with Gasteiger partial charge in [0.15, 0.2) is 0 Å². The first kappa shape index (κ1) is 27.5. The molecule has 1 heterocycles. The minimum Gasteiger partial charge on any atom is -0.281 e. The van der Waals surface area contributed by atoms with Crippen molar-refractivity contribution in [2.75, 3.05) is 0 Å². The standard InChI is InChI=1S/C35H29N2O3PS/c1-27-22-24-28(25-23-27)33-26-34(35(38)37(36-33)42(39,40)32-20-12-5-13-21-32)41(29-14-6-2-7-15-29,30-16-8-3-9-17-30)31-18-10-4-11-19-31/h2-26,36H,1H3. The van der Waals surface area contributed by atoms with Crippen LogP contribution in [0, 0.1) is 11.9 Å². The van der Waals surface area contributed by atoms with Gasteiger partial charge in [-0.2, -0.15) is 8.42 Å². The van der Waals surface area contributed by atoms with Crippen LogP contribution in [0.5, 0.6) is 0 Å². The van der Waals surface area contributed by atoms with Crippen LogP contribution < -0.4 is 21.5 Å². The van der Waals surface area contributed by atoms with Gasteiger partial charge in [-0.05, 0) is 53.5 Å². The fraction of sp³-hybridized carbons (Fsp3) is 0.0286. The quantitative estimate of drug-likeness (QED) is 0.246. The molecule has 0 unspecified atom stereocenters. The largest absolute Gasteiger partial charge is 0.287 e. The van der Waals surface area contributed by atoms with Crippen LogP contribution >= 0.6 is 6.89 Å². The average molecular weight is 589 g/mol. The number of H-pyrrole nitrogens is 1. The molecule has 0 atom stereocenters. The smallest absolute Gasteiger partial charge is 0.281 e. The van der Waals surface area contributed by atoms with E-state index < -0.39 is 22.5 Å². The Balaban J connectivity index is 1.92. The SMILES string of the molecule is Cc1ccc(-c2cc(=P(c3ccccc3)(c3ccccc3)c3ccccc3)c(=O)n(S(=O)(=O)c3ccccc3)[nH]2)cc1. The van der Waals surface area contributed by atoms with Gasteiger partial charge >= 0.3 is 0 Å². The van der Waals surface area contributed by atoms with E-state index in [2.05, 4.69) is 5.10 Å². The van der Waals surface area contributed by atoms with Crippen LogP contribution in [0.2, 0.25) is 0 Å². The monoisotopic (exact) mass is 588 g/mol. The van der Waals surface area contributed by atoms with E-state index >= 15 is 0 Å². The number of rotatable bonds is 6. The second-order valence-electron chi connectivity index (χ2n) is 9.99. The molecule has 1 aromatic heterocycles. The van der Waals surface area contributed by atoms with E-state index in [-0.39, 0.29) is 4.90 Å². The predicted molar refractivity (Wildman–Crippen MR) is 173 cm³/mol. The van der Waals surface area contributed by atoms with E-state index in [0.29, 0.717) is 10.6 Å². The summed E-state index contributed by atoms with van der Waals surface area (Å²) in [6.07, 6.45) is 0. The summed E-state index contributed by atoms with van der Waals surface area (Å²) in [4.78, 5) is 15.2. The minimum absolute atomic E-state index is 0.0263. The zero-order chi connectivity index (χ0) is 29.2. The molecule has 5 aromatic carbocycles. The molecule has 0 radical (unpaired) electrons. The van der Waals surface area contributed by atoms with Crippen molar-refractivity contribution in [1.82, 2.24) is 9.19 Å². The second kappa shape index (κ2) is 11.3. The number of nitrogens with zero attached hydrogens (tertiary/aromatic N) is 1. The van der Waals surface area contributed by atoms with Gasteiger partial charge in [-0.25, -0.2) is 0 Å². The summed E-state index contributed by atoms with van der Waals surface area (Å²) in [7, 11) is -4.27. The highest BCUT2D eigenvalue weighted by Crippen LogP contribution is 2.47. The third-order valence-electron chi connectivity index (χ3n) is 7.34. The first-order chi connectivity index (χ1) is 20.4. The van der Waals surface area contributed by atoms with Gasteiger partial charge in [-0.1, -0.05) is 139 Å². The third-order valence-corrected chi connectivity index (χ3v) is 13.2. The van der Waals surface area contributed by atoms with Gasteiger partial charge in [0.1, 0.15) is 0 Å². The van der Waals surface area contributed by atoms with E-state index in [1.807, 2.05) is 128 Å². The van der Waals surface area contributed by atoms with Crippen molar-refractivity contribution >= 4 is 32.8 Å². The molecule has 0 aliphatic rings. The van der Waals surface area contributed by atoms with Crippen molar-refractivity contribution in [3.8, 4) is 11.3 Å². The molecule has 0 aliphatic heterocycles. The molecule has 0 saturated carbocycles. The van der Waals surface area contributed by atoms with E-state index in [9.17, 15) is 13.2 Å². The van der Waals surface area contributed by atoms with E-state index in [0.717, 1.165) is 31.1 Å². The van der Waals surface area contributed by atoms with Gasteiger partial charge < -0.3 is 0 Å². The summed E-state index contributed by atoms with van der Waals surface area (Å²) in [5.41, 5.74) is 1.76. The Labute approximate surface area is 245 Å². The van der Waals surface area contributed by atoms with E-state index in [4.69, 9.17) is 0 Å². The van der Waals surface area contributed by atoms with Crippen molar-refractivity contribution in [3.05, 3.63) is 173 Å². The van der Waals surface area contributed by atoms with Crippen molar-refractivity contribution in [2.45, 2.75) is 11.8 Å².